The van der Waals surface area contributed by atoms with Gasteiger partial charge in [-0.3, -0.25) is 4.79 Å². The van der Waals surface area contributed by atoms with Gasteiger partial charge in [-0.1, -0.05) is 19.8 Å². The average Bonchev–Trinajstić information content (AvgIpc) is 2.16. The highest BCUT2D eigenvalue weighted by Gasteiger charge is 2.19. The van der Waals surface area contributed by atoms with Crippen LogP contribution < -0.4 is 11.1 Å². The normalized spacial score (nSPS) is 29.9. The minimum Gasteiger partial charge on any atom is -0.368 e. The van der Waals surface area contributed by atoms with Crippen LogP contribution in [0.2, 0.25) is 0 Å². The summed E-state index contributed by atoms with van der Waals surface area (Å²) in [7, 11) is 0. The van der Waals surface area contributed by atoms with Gasteiger partial charge in [0.25, 0.3) is 0 Å². The van der Waals surface area contributed by atoms with Gasteiger partial charge in [-0.25, -0.2) is 0 Å². The number of carbonyl (C=O) groups excluding carboxylic acids is 1. The van der Waals surface area contributed by atoms with Crippen molar-refractivity contribution in [3.05, 3.63) is 0 Å². The second-order valence-corrected chi connectivity index (χ2v) is 4.66. The van der Waals surface area contributed by atoms with Gasteiger partial charge in [-0.05, 0) is 38.1 Å². The van der Waals surface area contributed by atoms with E-state index >= 15 is 0 Å². The Hall–Kier alpha value is -0.570. The summed E-state index contributed by atoms with van der Waals surface area (Å²) in [6, 6.07) is -0.186. The van der Waals surface area contributed by atoms with Crippen LogP contribution in [0, 0.1) is 11.8 Å². The Morgan fingerprint density at radius 2 is 2.00 bits per heavy atom. The van der Waals surface area contributed by atoms with Crippen LogP contribution in [0.25, 0.3) is 0 Å². The molecule has 3 N–H and O–H groups in total. The van der Waals surface area contributed by atoms with Crippen molar-refractivity contribution in [1.82, 2.24) is 5.32 Å². The summed E-state index contributed by atoms with van der Waals surface area (Å²) in [6.45, 7) is 5.08. The van der Waals surface area contributed by atoms with E-state index < -0.39 is 0 Å². The van der Waals surface area contributed by atoms with Crippen molar-refractivity contribution in [3.8, 4) is 0 Å². The molecule has 1 aliphatic rings. The number of carbonyl (C=O) groups is 1. The minimum absolute atomic E-state index is 0.186. The Balaban J connectivity index is 2.16. The Labute approximate surface area is 86.4 Å². The van der Waals surface area contributed by atoms with Gasteiger partial charge in [-0.15, -0.1) is 0 Å². The first kappa shape index (κ1) is 11.5. The predicted molar refractivity (Wildman–Crippen MR) is 57.8 cm³/mol. The van der Waals surface area contributed by atoms with E-state index in [1.54, 1.807) is 0 Å². The molecule has 3 nitrogen and oxygen atoms in total. The molecule has 0 aromatic carbocycles. The molecule has 1 aliphatic carbocycles. The third-order valence-electron chi connectivity index (χ3n) is 3.27. The lowest BCUT2D eigenvalue weighted by atomic mass is 9.83. The van der Waals surface area contributed by atoms with Crippen molar-refractivity contribution in [2.75, 3.05) is 6.54 Å². The molecule has 0 bridgehead atoms. The van der Waals surface area contributed by atoms with Crippen LogP contribution >= 0.6 is 0 Å². The van der Waals surface area contributed by atoms with Gasteiger partial charge in [0.05, 0.1) is 6.04 Å². The molecule has 0 saturated heterocycles. The molecular weight excluding hydrogens is 176 g/mol. The minimum atomic E-state index is -0.255. The summed E-state index contributed by atoms with van der Waals surface area (Å²) in [5.74, 6) is 1.38. The quantitative estimate of drug-likeness (QED) is 0.715. The van der Waals surface area contributed by atoms with Gasteiger partial charge < -0.3 is 11.1 Å². The zero-order chi connectivity index (χ0) is 10.6. The van der Waals surface area contributed by atoms with E-state index in [2.05, 4.69) is 12.2 Å². The zero-order valence-electron chi connectivity index (χ0n) is 9.25. The van der Waals surface area contributed by atoms with E-state index in [4.69, 9.17) is 5.73 Å². The van der Waals surface area contributed by atoms with Gasteiger partial charge in [0.15, 0.2) is 0 Å². The molecule has 0 aromatic rings. The maximum atomic E-state index is 10.8. The summed E-state index contributed by atoms with van der Waals surface area (Å²) < 4.78 is 0. The Bertz CT molecular complexity index is 186. The van der Waals surface area contributed by atoms with E-state index in [1.807, 2.05) is 6.92 Å². The number of nitrogens with two attached hydrogens (primary N) is 1. The van der Waals surface area contributed by atoms with Crippen LogP contribution in [0.4, 0.5) is 0 Å². The highest BCUT2D eigenvalue weighted by molar-refractivity contribution is 5.79. The van der Waals surface area contributed by atoms with Crippen molar-refractivity contribution in [3.63, 3.8) is 0 Å². The summed E-state index contributed by atoms with van der Waals surface area (Å²) in [4.78, 5) is 10.8. The molecule has 82 valence electrons. The van der Waals surface area contributed by atoms with E-state index in [-0.39, 0.29) is 11.9 Å². The summed E-state index contributed by atoms with van der Waals surface area (Å²) in [5.41, 5.74) is 5.17. The van der Waals surface area contributed by atoms with Gasteiger partial charge in [0, 0.05) is 0 Å². The van der Waals surface area contributed by atoms with E-state index in [0.29, 0.717) is 0 Å². The molecule has 0 unspecified atom stereocenters. The molecule has 1 saturated carbocycles. The van der Waals surface area contributed by atoms with Crippen LogP contribution in [0.15, 0.2) is 0 Å². The number of amides is 1. The van der Waals surface area contributed by atoms with E-state index in [9.17, 15) is 4.79 Å². The molecule has 1 fully saturated rings. The fourth-order valence-electron chi connectivity index (χ4n) is 1.98. The van der Waals surface area contributed by atoms with Gasteiger partial charge in [-0.2, -0.15) is 0 Å². The summed E-state index contributed by atoms with van der Waals surface area (Å²) >= 11 is 0. The first-order valence-electron chi connectivity index (χ1n) is 5.62. The van der Waals surface area contributed by atoms with Crippen LogP contribution in [0.1, 0.15) is 39.5 Å². The number of primary amides is 1. The molecule has 0 heterocycles. The maximum Gasteiger partial charge on any atom is 0.234 e. The maximum absolute atomic E-state index is 10.8. The molecule has 0 spiro atoms. The molecule has 0 aliphatic heterocycles. The van der Waals surface area contributed by atoms with Crippen molar-refractivity contribution in [1.29, 1.82) is 0 Å². The van der Waals surface area contributed by atoms with Crippen LogP contribution in [0.5, 0.6) is 0 Å². The van der Waals surface area contributed by atoms with Crippen molar-refractivity contribution in [2.45, 2.75) is 45.6 Å². The standard InChI is InChI=1S/C11H22N2O/c1-8-3-5-10(6-4-8)7-13-9(2)11(12)14/h8-10,13H,3-7H2,1-2H3,(H2,12,14)/t8?,9-,10?/m0/s1. The monoisotopic (exact) mass is 198 g/mol. The molecule has 14 heavy (non-hydrogen) atoms. The second kappa shape index (κ2) is 5.35. The SMILES string of the molecule is CC1CCC(CN[C@@H](C)C(N)=O)CC1. The van der Waals surface area contributed by atoms with E-state index in [0.717, 1.165) is 18.4 Å². The Kier molecular flexibility index (Phi) is 4.39. The largest absolute Gasteiger partial charge is 0.368 e. The molecular formula is C11H22N2O. The fourth-order valence-corrected chi connectivity index (χ4v) is 1.98. The van der Waals surface area contributed by atoms with Crippen molar-refractivity contribution >= 4 is 5.91 Å². The van der Waals surface area contributed by atoms with Gasteiger partial charge >= 0.3 is 0 Å². The molecule has 0 aromatic heterocycles. The first-order valence-corrected chi connectivity index (χ1v) is 5.62. The first-order chi connectivity index (χ1) is 6.59. The molecule has 1 rings (SSSR count). The Morgan fingerprint density at radius 3 is 2.50 bits per heavy atom. The smallest absolute Gasteiger partial charge is 0.234 e. The van der Waals surface area contributed by atoms with Crippen LogP contribution in [-0.4, -0.2) is 18.5 Å². The third-order valence-corrected chi connectivity index (χ3v) is 3.27. The number of nitrogens with one attached hydrogen (secondary N) is 1. The topological polar surface area (TPSA) is 55.1 Å². The highest BCUT2D eigenvalue weighted by Crippen LogP contribution is 2.27. The Morgan fingerprint density at radius 1 is 1.43 bits per heavy atom. The van der Waals surface area contributed by atoms with Crippen molar-refractivity contribution in [2.24, 2.45) is 17.6 Å². The lowest BCUT2D eigenvalue weighted by Gasteiger charge is -2.27. The summed E-state index contributed by atoms with van der Waals surface area (Å²) in [5, 5.41) is 3.19. The molecule has 1 atom stereocenters. The molecule has 3 heteroatoms. The van der Waals surface area contributed by atoms with Crippen molar-refractivity contribution < 1.29 is 4.79 Å². The summed E-state index contributed by atoms with van der Waals surface area (Å²) in [6.07, 6.45) is 5.24. The molecule has 1 amide bonds. The zero-order valence-corrected chi connectivity index (χ0v) is 9.25. The number of rotatable bonds is 4. The van der Waals surface area contributed by atoms with Gasteiger partial charge in [0.1, 0.15) is 0 Å². The number of hydrogen-bond acceptors (Lipinski definition) is 2. The second-order valence-electron chi connectivity index (χ2n) is 4.66. The van der Waals surface area contributed by atoms with E-state index in [1.165, 1.54) is 25.7 Å². The lowest BCUT2D eigenvalue weighted by Crippen LogP contribution is -2.41. The number of hydrogen-bond donors (Lipinski definition) is 2. The lowest BCUT2D eigenvalue weighted by molar-refractivity contribution is -0.119. The predicted octanol–water partition coefficient (Wildman–Crippen LogP) is 1.28. The van der Waals surface area contributed by atoms with Gasteiger partial charge in [0.2, 0.25) is 5.91 Å². The van der Waals surface area contributed by atoms with Crippen LogP contribution in [0.3, 0.4) is 0 Å². The molecule has 0 radical (unpaired) electrons. The third kappa shape index (κ3) is 3.66. The highest BCUT2D eigenvalue weighted by atomic mass is 16.1. The average molecular weight is 198 g/mol. The van der Waals surface area contributed by atoms with Crippen LogP contribution in [-0.2, 0) is 4.79 Å². The fraction of sp³-hybridized carbons (Fsp3) is 0.909.